The van der Waals surface area contributed by atoms with Gasteiger partial charge in [-0.05, 0) is 43.3 Å². The van der Waals surface area contributed by atoms with Gasteiger partial charge in [-0.2, -0.15) is 0 Å². The van der Waals surface area contributed by atoms with Gasteiger partial charge >= 0.3 is 0 Å². The van der Waals surface area contributed by atoms with Crippen molar-refractivity contribution in [2.75, 3.05) is 26.3 Å². The number of hydrogen-bond acceptors (Lipinski definition) is 3. The number of piperidine rings is 1. The summed E-state index contributed by atoms with van der Waals surface area (Å²) in [6, 6.07) is 10.3. The standard InChI is InChI=1S/C15H23NO2/c17-10-14(11-18)15(12-4-2-1-3-5-12)13-6-8-16-9-7-13/h1-5,13-18H,6-11H2. The molecular formula is C15H23NO2. The molecule has 0 saturated carbocycles. The number of benzene rings is 1. The molecule has 0 radical (unpaired) electrons. The molecule has 2 rings (SSSR count). The smallest absolute Gasteiger partial charge is 0.0487 e. The van der Waals surface area contributed by atoms with Crippen molar-refractivity contribution in [3.63, 3.8) is 0 Å². The Kier molecular flexibility index (Phi) is 5.17. The molecule has 18 heavy (non-hydrogen) atoms. The van der Waals surface area contributed by atoms with Gasteiger partial charge in [0.2, 0.25) is 0 Å². The minimum atomic E-state index is -0.0458. The minimum absolute atomic E-state index is 0.0458. The molecule has 0 bridgehead atoms. The van der Waals surface area contributed by atoms with Crippen LogP contribution in [-0.2, 0) is 0 Å². The molecule has 0 amide bonds. The zero-order chi connectivity index (χ0) is 12.8. The lowest BCUT2D eigenvalue weighted by Gasteiger charge is -2.35. The van der Waals surface area contributed by atoms with Gasteiger partial charge in [0, 0.05) is 19.1 Å². The molecule has 1 aliphatic heterocycles. The highest BCUT2D eigenvalue weighted by molar-refractivity contribution is 5.21. The first-order chi connectivity index (χ1) is 8.86. The van der Waals surface area contributed by atoms with Gasteiger partial charge in [-0.3, -0.25) is 0 Å². The van der Waals surface area contributed by atoms with E-state index in [0.717, 1.165) is 25.9 Å². The Morgan fingerprint density at radius 3 is 2.22 bits per heavy atom. The van der Waals surface area contributed by atoms with Crippen LogP contribution >= 0.6 is 0 Å². The largest absolute Gasteiger partial charge is 0.396 e. The summed E-state index contributed by atoms with van der Waals surface area (Å²) in [5, 5.41) is 22.4. The second-order valence-corrected chi connectivity index (χ2v) is 5.15. The number of rotatable bonds is 5. The fraction of sp³-hybridized carbons (Fsp3) is 0.600. The van der Waals surface area contributed by atoms with E-state index in [9.17, 15) is 10.2 Å². The lowest BCUT2D eigenvalue weighted by molar-refractivity contribution is 0.102. The van der Waals surface area contributed by atoms with Crippen molar-refractivity contribution < 1.29 is 10.2 Å². The number of aliphatic hydroxyl groups excluding tert-OH is 2. The van der Waals surface area contributed by atoms with Crippen molar-refractivity contribution in [1.82, 2.24) is 5.32 Å². The molecule has 3 N–H and O–H groups in total. The van der Waals surface area contributed by atoms with Gasteiger partial charge < -0.3 is 15.5 Å². The van der Waals surface area contributed by atoms with Crippen molar-refractivity contribution in [2.24, 2.45) is 11.8 Å². The molecule has 1 aromatic rings. The van der Waals surface area contributed by atoms with E-state index >= 15 is 0 Å². The van der Waals surface area contributed by atoms with Crippen LogP contribution in [0, 0.1) is 11.8 Å². The van der Waals surface area contributed by atoms with Gasteiger partial charge in [0.1, 0.15) is 0 Å². The average Bonchev–Trinajstić information content (AvgIpc) is 2.46. The van der Waals surface area contributed by atoms with Crippen molar-refractivity contribution in [1.29, 1.82) is 0 Å². The third kappa shape index (κ3) is 3.10. The van der Waals surface area contributed by atoms with Crippen molar-refractivity contribution >= 4 is 0 Å². The molecule has 0 spiro atoms. The molecule has 0 aromatic heterocycles. The summed E-state index contributed by atoms with van der Waals surface area (Å²) in [5.74, 6) is 0.775. The maximum atomic E-state index is 9.51. The second kappa shape index (κ2) is 6.88. The number of aliphatic hydroxyl groups is 2. The average molecular weight is 249 g/mol. The quantitative estimate of drug-likeness (QED) is 0.739. The summed E-state index contributed by atoms with van der Waals surface area (Å²) in [4.78, 5) is 0. The molecule has 100 valence electrons. The summed E-state index contributed by atoms with van der Waals surface area (Å²) < 4.78 is 0. The van der Waals surface area contributed by atoms with Gasteiger partial charge in [-0.15, -0.1) is 0 Å². The molecule has 1 saturated heterocycles. The van der Waals surface area contributed by atoms with E-state index in [1.165, 1.54) is 5.56 Å². The van der Waals surface area contributed by atoms with Crippen LogP contribution in [0.15, 0.2) is 30.3 Å². The lowest BCUT2D eigenvalue weighted by atomic mass is 9.73. The van der Waals surface area contributed by atoms with Crippen molar-refractivity contribution in [3.05, 3.63) is 35.9 Å². The summed E-state index contributed by atoms with van der Waals surface area (Å²) >= 11 is 0. The third-order valence-electron chi connectivity index (χ3n) is 4.05. The Morgan fingerprint density at radius 1 is 1.06 bits per heavy atom. The highest BCUT2D eigenvalue weighted by Gasteiger charge is 2.30. The molecule has 1 aromatic carbocycles. The molecule has 1 heterocycles. The Labute approximate surface area is 109 Å². The highest BCUT2D eigenvalue weighted by Crippen LogP contribution is 2.36. The van der Waals surface area contributed by atoms with Crippen LogP contribution in [0.2, 0.25) is 0 Å². The van der Waals surface area contributed by atoms with Gasteiger partial charge in [-0.25, -0.2) is 0 Å². The maximum absolute atomic E-state index is 9.51. The van der Waals surface area contributed by atoms with Crippen LogP contribution in [-0.4, -0.2) is 36.5 Å². The van der Waals surface area contributed by atoms with E-state index in [2.05, 4.69) is 17.4 Å². The Balaban J connectivity index is 2.21. The topological polar surface area (TPSA) is 52.5 Å². The first-order valence-corrected chi connectivity index (χ1v) is 6.84. The minimum Gasteiger partial charge on any atom is -0.396 e. The van der Waals surface area contributed by atoms with Crippen LogP contribution in [0.5, 0.6) is 0 Å². The molecule has 1 aliphatic rings. The van der Waals surface area contributed by atoms with Crippen molar-refractivity contribution in [2.45, 2.75) is 18.8 Å². The predicted octanol–water partition coefficient (Wildman–Crippen LogP) is 1.37. The SMILES string of the molecule is OCC(CO)C(c1ccccc1)C1CCNCC1. The molecule has 3 nitrogen and oxygen atoms in total. The second-order valence-electron chi connectivity index (χ2n) is 5.15. The first-order valence-electron chi connectivity index (χ1n) is 6.84. The lowest BCUT2D eigenvalue weighted by Crippen LogP contribution is -2.35. The molecule has 1 unspecified atom stereocenters. The van der Waals surface area contributed by atoms with Gasteiger partial charge in [0.05, 0.1) is 0 Å². The molecule has 3 heteroatoms. The highest BCUT2D eigenvalue weighted by atomic mass is 16.3. The van der Waals surface area contributed by atoms with E-state index in [-0.39, 0.29) is 25.0 Å². The van der Waals surface area contributed by atoms with E-state index < -0.39 is 0 Å². The maximum Gasteiger partial charge on any atom is 0.0487 e. The zero-order valence-corrected chi connectivity index (χ0v) is 10.8. The van der Waals surface area contributed by atoms with Gasteiger partial charge in [0.15, 0.2) is 0 Å². The van der Waals surface area contributed by atoms with Crippen molar-refractivity contribution in [3.8, 4) is 0 Å². The van der Waals surface area contributed by atoms with Crippen LogP contribution in [0.3, 0.4) is 0 Å². The zero-order valence-electron chi connectivity index (χ0n) is 10.8. The Morgan fingerprint density at radius 2 is 1.67 bits per heavy atom. The Hall–Kier alpha value is -0.900. The van der Waals surface area contributed by atoms with E-state index in [1.807, 2.05) is 18.2 Å². The van der Waals surface area contributed by atoms with Gasteiger partial charge in [-0.1, -0.05) is 30.3 Å². The number of nitrogens with one attached hydrogen (secondary N) is 1. The van der Waals surface area contributed by atoms with Crippen LogP contribution < -0.4 is 5.32 Å². The van der Waals surface area contributed by atoms with Crippen LogP contribution in [0.1, 0.15) is 24.3 Å². The fourth-order valence-electron chi connectivity index (χ4n) is 3.09. The normalized spacial score (nSPS) is 19.1. The fourth-order valence-corrected chi connectivity index (χ4v) is 3.09. The van der Waals surface area contributed by atoms with E-state index in [4.69, 9.17) is 0 Å². The van der Waals surface area contributed by atoms with Gasteiger partial charge in [0.25, 0.3) is 0 Å². The summed E-state index contributed by atoms with van der Waals surface area (Å²) in [5.41, 5.74) is 1.25. The van der Waals surface area contributed by atoms with Crippen LogP contribution in [0.4, 0.5) is 0 Å². The predicted molar refractivity (Wildman–Crippen MR) is 72.4 cm³/mol. The Bertz CT molecular complexity index is 332. The van der Waals surface area contributed by atoms with E-state index in [0.29, 0.717) is 5.92 Å². The molecule has 1 atom stereocenters. The van der Waals surface area contributed by atoms with Crippen LogP contribution in [0.25, 0.3) is 0 Å². The summed E-state index contributed by atoms with van der Waals surface area (Å²) in [6.07, 6.45) is 2.24. The molecule has 1 fully saturated rings. The molecular weight excluding hydrogens is 226 g/mol. The monoisotopic (exact) mass is 249 g/mol. The summed E-state index contributed by atoms with van der Waals surface area (Å²) in [7, 11) is 0. The first kappa shape index (κ1) is 13.5. The number of hydrogen-bond donors (Lipinski definition) is 3. The third-order valence-corrected chi connectivity index (χ3v) is 4.05. The summed E-state index contributed by atoms with van der Waals surface area (Å²) in [6.45, 7) is 2.19. The van der Waals surface area contributed by atoms with E-state index in [1.54, 1.807) is 0 Å². The molecule has 0 aliphatic carbocycles.